The van der Waals surface area contributed by atoms with Crippen LogP contribution in [0.4, 0.5) is 0 Å². The van der Waals surface area contributed by atoms with Crippen LogP contribution in [0.1, 0.15) is 24.2 Å². The third-order valence-electron chi connectivity index (χ3n) is 4.67. The normalized spacial score (nSPS) is 21.0. The molecule has 1 aliphatic heterocycles. The number of methoxy groups -OCH3 is 2. The van der Waals surface area contributed by atoms with Gasteiger partial charge in [0.05, 0.1) is 31.3 Å². The van der Waals surface area contributed by atoms with Gasteiger partial charge in [0.2, 0.25) is 10.0 Å². The number of ether oxygens (including phenoxy) is 3. The van der Waals surface area contributed by atoms with Gasteiger partial charge in [0, 0.05) is 19.2 Å². The second-order valence-corrected chi connectivity index (χ2v) is 8.62. The van der Waals surface area contributed by atoms with Gasteiger partial charge in [0.1, 0.15) is 0 Å². The fourth-order valence-electron chi connectivity index (χ4n) is 3.20. The van der Waals surface area contributed by atoms with Gasteiger partial charge in [0.25, 0.3) is 0 Å². The molecule has 0 amide bonds. The maximum Gasteiger partial charge on any atom is 0.243 e. The molecule has 2 atom stereocenters. The molecule has 2 aromatic rings. The van der Waals surface area contributed by atoms with Crippen LogP contribution in [0.5, 0.6) is 11.5 Å². The highest BCUT2D eigenvalue weighted by molar-refractivity contribution is 7.89. The lowest BCUT2D eigenvalue weighted by Gasteiger charge is -2.36. The number of sulfonamides is 1. The van der Waals surface area contributed by atoms with E-state index in [1.54, 1.807) is 6.07 Å². The van der Waals surface area contributed by atoms with Crippen LogP contribution in [0.3, 0.4) is 0 Å². The topological polar surface area (TPSA) is 65.1 Å². The van der Waals surface area contributed by atoms with Gasteiger partial charge in [0.15, 0.2) is 11.5 Å². The third kappa shape index (κ3) is 4.10. The van der Waals surface area contributed by atoms with Crippen molar-refractivity contribution in [3.05, 3.63) is 53.6 Å². The van der Waals surface area contributed by atoms with Gasteiger partial charge in [-0.1, -0.05) is 29.8 Å². The molecule has 1 saturated heterocycles. The maximum absolute atomic E-state index is 13.2. The predicted octanol–water partition coefficient (Wildman–Crippen LogP) is 3.16. The molecule has 6 nitrogen and oxygen atoms in total. The molecule has 27 heavy (non-hydrogen) atoms. The minimum absolute atomic E-state index is 0.178. The molecule has 0 spiro atoms. The first-order valence-electron chi connectivity index (χ1n) is 8.79. The van der Waals surface area contributed by atoms with Gasteiger partial charge in [-0.2, -0.15) is 4.31 Å². The van der Waals surface area contributed by atoms with E-state index in [9.17, 15) is 8.42 Å². The molecule has 0 bridgehead atoms. The number of hydrogen-bond donors (Lipinski definition) is 0. The molecule has 146 valence electrons. The Balaban J connectivity index is 1.90. The van der Waals surface area contributed by atoms with Gasteiger partial charge in [-0.3, -0.25) is 0 Å². The number of morpholine rings is 1. The average molecular weight is 391 g/mol. The van der Waals surface area contributed by atoms with E-state index in [2.05, 4.69) is 0 Å². The highest BCUT2D eigenvalue weighted by Gasteiger charge is 2.35. The van der Waals surface area contributed by atoms with Gasteiger partial charge >= 0.3 is 0 Å². The molecule has 2 unspecified atom stereocenters. The van der Waals surface area contributed by atoms with Crippen LogP contribution in [-0.2, 0) is 14.8 Å². The summed E-state index contributed by atoms with van der Waals surface area (Å²) in [5.74, 6) is 0.874. The molecule has 0 radical (unpaired) electrons. The van der Waals surface area contributed by atoms with E-state index in [1.165, 1.54) is 30.7 Å². The van der Waals surface area contributed by atoms with E-state index in [0.29, 0.717) is 18.0 Å². The van der Waals surface area contributed by atoms with Crippen molar-refractivity contribution < 1.29 is 22.6 Å². The zero-order chi connectivity index (χ0) is 19.6. The number of nitrogens with zero attached hydrogens (tertiary/aromatic N) is 1. The average Bonchev–Trinajstić information content (AvgIpc) is 2.67. The van der Waals surface area contributed by atoms with Crippen molar-refractivity contribution in [3.8, 4) is 11.5 Å². The first-order valence-corrected chi connectivity index (χ1v) is 10.2. The van der Waals surface area contributed by atoms with Crippen molar-refractivity contribution in [2.75, 3.05) is 27.3 Å². The Bertz CT molecular complexity index is 895. The highest BCUT2D eigenvalue weighted by atomic mass is 32.2. The van der Waals surface area contributed by atoms with E-state index in [1.807, 2.05) is 38.1 Å². The molecule has 0 aliphatic carbocycles. The van der Waals surface area contributed by atoms with Crippen molar-refractivity contribution >= 4 is 10.0 Å². The zero-order valence-corrected chi connectivity index (χ0v) is 16.8. The lowest BCUT2D eigenvalue weighted by molar-refractivity contribution is -0.0557. The summed E-state index contributed by atoms with van der Waals surface area (Å²) in [5.41, 5.74) is 2.12. The van der Waals surface area contributed by atoms with Gasteiger partial charge in [-0.15, -0.1) is 0 Å². The minimum atomic E-state index is -3.68. The molecule has 3 rings (SSSR count). The van der Waals surface area contributed by atoms with Gasteiger partial charge in [-0.25, -0.2) is 8.42 Å². The monoisotopic (exact) mass is 391 g/mol. The zero-order valence-electron chi connectivity index (χ0n) is 16.0. The summed E-state index contributed by atoms with van der Waals surface area (Å²) in [6.45, 7) is 4.47. The molecule has 0 aromatic heterocycles. The summed E-state index contributed by atoms with van der Waals surface area (Å²) < 4.78 is 44.3. The number of aryl methyl sites for hydroxylation is 1. The predicted molar refractivity (Wildman–Crippen MR) is 103 cm³/mol. The van der Waals surface area contributed by atoms with Gasteiger partial charge in [-0.05, 0) is 31.5 Å². The van der Waals surface area contributed by atoms with Crippen molar-refractivity contribution in [1.29, 1.82) is 0 Å². The summed E-state index contributed by atoms with van der Waals surface area (Å²) in [4.78, 5) is 0.178. The van der Waals surface area contributed by atoms with Crippen LogP contribution in [0.25, 0.3) is 0 Å². The number of benzene rings is 2. The molecule has 2 aromatic carbocycles. The maximum atomic E-state index is 13.2. The molecule has 0 N–H and O–H groups in total. The first kappa shape index (κ1) is 19.7. The van der Waals surface area contributed by atoms with Crippen molar-refractivity contribution in [2.45, 2.75) is 31.0 Å². The van der Waals surface area contributed by atoms with Crippen LogP contribution in [0.2, 0.25) is 0 Å². The lowest BCUT2D eigenvalue weighted by atomic mass is 10.1. The van der Waals surface area contributed by atoms with Crippen LogP contribution < -0.4 is 9.47 Å². The second kappa shape index (κ2) is 7.88. The van der Waals surface area contributed by atoms with Crippen LogP contribution in [-0.4, -0.2) is 46.1 Å². The molecule has 0 saturated carbocycles. The van der Waals surface area contributed by atoms with E-state index in [0.717, 1.165) is 11.1 Å². The van der Waals surface area contributed by atoms with Gasteiger partial charge < -0.3 is 14.2 Å². The number of hydrogen-bond acceptors (Lipinski definition) is 5. The molecule has 1 heterocycles. The summed E-state index contributed by atoms with van der Waals surface area (Å²) >= 11 is 0. The SMILES string of the molecule is COc1ccc(S(=O)(=O)N2CC(C)OC(c3ccc(C)cc3)C2)cc1OC. The summed E-state index contributed by atoms with van der Waals surface area (Å²) in [6, 6.07) is 12.6. The highest BCUT2D eigenvalue weighted by Crippen LogP contribution is 2.33. The van der Waals surface area contributed by atoms with Crippen molar-refractivity contribution in [3.63, 3.8) is 0 Å². The third-order valence-corrected chi connectivity index (χ3v) is 6.50. The fourth-order valence-corrected chi connectivity index (χ4v) is 4.73. The summed E-state index contributed by atoms with van der Waals surface area (Å²) in [6.07, 6.45) is -0.510. The Hall–Kier alpha value is -2.09. The van der Waals surface area contributed by atoms with Crippen molar-refractivity contribution in [2.24, 2.45) is 0 Å². The molecule has 1 fully saturated rings. The van der Waals surface area contributed by atoms with Crippen molar-refractivity contribution in [1.82, 2.24) is 4.31 Å². The Morgan fingerprint density at radius 2 is 1.67 bits per heavy atom. The molecular formula is C20H25NO5S. The van der Waals surface area contributed by atoms with E-state index < -0.39 is 10.0 Å². The Morgan fingerprint density at radius 3 is 2.30 bits per heavy atom. The molecular weight excluding hydrogens is 366 g/mol. The Morgan fingerprint density at radius 1 is 1.00 bits per heavy atom. The number of rotatable bonds is 5. The van der Waals surface area contributed by atoms with Crippen LogP contribution >= 0.6 is 0 Å². The lowest BCUT2D eigenvalue weighted by Crippen LogP contribution is -2.45. The smallest absolute Gasteiger partial charge is 0.243 e. The molecule has 1 aliphatic rings. The van der Waals surface area contributed by atoms with E-state index in [-0.39, 0.29) is 23.6 Å². The first-order chi connectivity index (χ1) is 12.8. The standard InChI is InChI=1S/C20H25NO5S/c1-14-5-7-16(8-6-14)20-13-21(12-15(2)26-20)27(22,23)17-9-10-18(24-3)19(11-17)25-4/h5-11,15,20H,12-13H2,1-4H3. The quantitative estimate of drug-likeness (QED) is 0.783. The van der Waals surface area contributed by atoms with E-state index >= 15 is 0 Å². The van der Waals surface area contributed by atoms with Crippen LogP contribution in [0.15, 0.2) is 47.4 Å². The largest absolute Gasteiger partial charge is 0.493 e. The van der Waals surface area contributed by atoms with E-state index in [4.69, 9.17) is 14.2 Å². The Kier molecular flexibility index (Phi) is 5.74. The second-order valence-electron chi connectivity index (χ2n) is 6.68. The minimum Gasteiger partial charge on any atom is -0.493 e. The van der Waals surface area contributed by atoms with Crippen LogP contribution in [0, 0.1) is 6.92 Å². The molecule has 7 heteroatoms. The fraction of sp³-hybridized carbons (Fsp3) is 0.400. The Labute approximate surface area is 160 Å². The summed E-state index contributed by atoms with van der Waals surface area (Å²) in [7, 11) is -0.683. The summed E-state index contributed by atoms with van der Waals surface area (Å²) in [5, 5.41) is 0.